The van der Waals surface area contributed by atoms with Crippen LogP contribution in [-0.2, 0) is 7.05 Å². The smallest absolute Gasteiger partial charge is 0.258 e. The van der Waals surface area contributed by atoms with Crippen LogP contribution in [0.25, 0.3) is 0 Å². The molecular formula is C3H4N6. The summed E-state index contributed by atoms with van der Waals surface area (Å²) in [4.78, 5) is 1.26. The van der Waals surface area contributed by atoms with Gasteiger partial charge in [-0.25, -0.2) is 0 Å². The molecule has 0 atom stereocenters. The van der Waals surface area contributed by atoms with Crippen molar-refractivity contribution in [1.82, 2.24) is 20.2 Å². The molecule has 0 saturated heterocycles. The fourth-order valence-electron chi connectivity index (χ4n) is 0.384. The van der Waals surface area contributed by atoms with Crippen LogP contribution in [-0.4, -0.2) is 20.2 Å². The molecule has 0 saturated carbocycles. The van der Waals surface area contributed by atoms with Crippen LogP contribution in [0.5, 0.6) is 0 Å². The molecule has 0 radical (unpaired) electrons. The van der Waals surface area contributed by atoms with Crippen molar-refractivity contribution in [1.29, 1.82) is 5.26 Å². The maximum absolute atomic E-state index is 8.05. The second kappa shape index (κ2) is 2.09. The third-order valence-electron chi connectivity index (χ3n) is 0.676. The van der Waals surface area contributed by atoms with E-state index in [-0.39, 0.29) is 5.95 Å². The number of anilines is 1. The van der Waals surface area contributed by atoms with Crippen molar-refractivity contribution in [2.75, 3.05) is 5.32 Å². The fraction of sp³-hybridized carbons (Fsp3) is 0.333. The van der Waals surface area contributed by atoms with Crippen LogP contribution in [0, 0.1) is 11.5 Å². The summed E-state index contributed by atoms with van der Waals surface area (Å²) >= 11 is 0. The second-order valence-electron chi connectivity index (χ2n) is 1.34. The Kier molecular flexibility index (Phi) is 1.27. The minimum absolute atomic E-state index is 0.222. The van der Waals surface area contributed by atoms with Crippen molar-refractivity contribution < 1.29 is 0 Å². The SMILES string of the molecule is Cn1nnc(NC#N)n1. The van der Waals surface area contributed by atoms with E-state index in [4.69, 9.17) is 5.26 Å². The number of nitrogens with zero attached hydrogens (tertiary/aromatic N) is 5. The Morgan fingerprint density at radius 2 is 2.56 bits per heavy atom. The maximum Gasteiger partial charge on any atom is 0.276 e. The Morgan fingerprint density at radius 3 is 3.00 bits per heavy atom. The minimum Gasteiger partial charge on any atom is -0.258 e. The van der Waals surface area contributed by atoms with E-state index in [1.807, 2.05) is 0 Å². The number of aryl methyl sites for hydroxylation is 1. The average molecular weight is 124 g/mol. The molecule has 1 heterocycles. The van der Waals surface area contributed by atoms with Gasteiger partial charge in [-0.05, 0) is 5.21 Å². The molecule has 0 aromatic carbocycles. The predicted molar refractivity (Wildman–Crippen MR) is 28.0 cm³/mol. The zero-order valence-corrected chi connectivity index (χ0v) is 4.74. The van der Waals surface area contributed by atoms with Gasteiger partial charge in [-0.15, -0.1) is 5.10 Å². The first kappa shape index (κ1) is 5.50. The molecule has 9 heavy (non-hydrogen) atoms. The Balaban J connectivity index is 2.76. The number of hydrogen-bond acceptors (Lipinski definition) is 5. The topological polar surface area (TPSA) is 79.4 Å². The molecule has 46 valence electrons. The van der Waals surface area contributed by atoms with Gasteiger partial charge in [0.1, 0.15) is 0 Å². The summed E-state index contributed by atoms with van der Waals surface area (Å²) in [5.41, 5.74) is 0. The Labute approximate surface area is 51.1 Å². The molecule has 0 unspecified atom stereocenters. The van der Waals surface area contributed by atoms with E-state index in [1.54, 1.807) is 13.2 Å². The fourth-order valence-corrected chi connectivity index (χ4v) is 0.384. The lowest BCUT2D eigenvalue weighted by atomic mass is 11.0. The Morgan fingerprint density at radius 1 is 1.78 bits per heavy atom. The molecule has 1 aromatic rings. The summed E-state index contributed by atoms with van der Waals surface area (Å²) in [5.74, 6) is 0.222. The lowest BCUT2D eigenvalue weighted by molar-refractivity contribution is 0.630. The molecule has 0 aliphatic carbocycles. The quantitative estimate of drug-likeness (QED) is 0.387. The van der Waals surface area contributed by atoms with Crippen molar-refractivity contribution >= 4 is 5.95 Å². The lowest BCUT2D eigenvalue weighted by Gasteiger charge is -1.79. The van der Waals surface area contributed by atoms with Gasteiger partial charge < -0.3 is 0 Å². The molecular weight excluding hydrogens is 120 g/mol. The van der Waals surface area contributed by atoms with Gasteiger partial charge in [0, 0.05) is 0 Å². The number of rotatable bonds is 1. The first-order valence-electron chi connectivity index (χ1n) is 2.22. The largest absolute Gasteiger partial charge is 0.276 e. The highest BCUT2D eigenvalue weighted by Crippen LogP contribution is 1.87. The third-order valence-corrected chi connectivity index (χ3v) is 0.676. The average Bonchev–Trinajstić information content (AvgIpc) is 2.17. The van der Waals surface area contributed by atoms with E-state index in [9.17, 15) is 0 Å². The highest BCUT2D eigenvalue weighted by atomic mass is 15.6. The van der Waals surface area contributed by atoms with E-state index >= 15 is 0 Å². The summed E-state index contributed by atoms with van der Waals surface area (Å²) < 4.78 is 0. The van der Waals surface area contributed by atoms with E-state index in [0.717, 1.165) is 0 Å². The summed E-state index contributed by atoms with van der Waals surface area (Å²) in [7, 11) is 1.62. The zero-order valence-electron chi connectivity index (χ0n) is 4.74. The van der Waals surface area contributed by atoms with Gasteiger partial charge in [-0.2, -0.15) is 10.1 Å². The number of aromatic nitrogens is 4. The molecule has 0 amide bonds. The number of hydrogen-bond donors (Lipinski definition) is 1. The second-order valence-corrected chi connectivity index (χ2v) is 1.34. The molecule has 6 nitrogen and oxygen atoms in total. The Bertz CT molecular complexity index is 231. The van der Waals surface area contributed by atoms with Crippen molar-refractivity contribution in [3.8, 4) is 6.19 Å². The van der Waals surface area contributed by atoms with Gasteiger partial charge in [0.2, 0.25) is 0 Å². The van der Waals surface area contributed by atoms with Gasteiger partial charge in [-0.3, -0.25) is 5.32 Å². The summed E-state index contributed by atoms with van der Waals surface area (Å²) in [6, 6.07) is 0. The summed E-state index contributed by atoms with van der Waals surface area (Å²) in [6.45, 7) is 0. The molecule has 1 rings (SSSR count). The van der Waals surface area contributed by atoms with E-state index in [1.165, 1.54) is 4.80 Å². The summed E-state index contributed by atoms with van der Waals surface area (Å²) in [5, 5.41) is 20.9. The first-order chi connectivity index (χ1) is 4.33. The maximum atomic E-state index is 8.05. The van der Waals surface area contributed by atoms with Crippen LogP contribution >= 0.6 is 0 Å². The van der Waals surface area contributed by atoms with Crippen molar-refractivity contribution in [3.63, 3.8) is 0 Å². The lowest BCUT2D eigenvalue weighted by Crippen LogP contribution is -1.93. The molecule has 0 aliphatic heterocycles. The zero-order chi connectivity index (χ0) is 6.69. The summed E-state index contributed by atoms with van der Waals surface area (Å²) in [6.07, 6.45) is 1.67. The monoisotopic (exact) mass is 124 g/mol. The van der Waals surface area contributed by atoms with Crippen LogP contribution in [0.4, 0.5) is 5.95 Å². The molecule has 1 N–H and O–H groups in total. The van der Waals surface area contributed by atoms with Crippen LogP contribution < -0.4 is 5.32 Å². The standard InChI is InChI=1S/C3H4N6/c1-9-7-3(5-2-4)6-8-9/h1H3,(H,5,7). The van der Waals surface area contributed by atoms with Crippen LogP contribution in [0.15, 0.2) is 0 Å². The molecule has 0 fully saturated rings. The number of tetrazole rings is 1. The normalized spacial score (nSPS) is 8.44. The van der Waals surface area contributed by atoms with Gasteiger partial charge >= 0.3 is 0 Å². The van der Waals surface area contributed by atoms with Crippen molar-refractivity contribution in [2.24, 2.45) is 7.05 Å². The predicted octanol–water partition coefficient (Wildman–Crippen LogP) is -0.897. The van der Waals surface area contributed by atoms with Crippen molar-refractivity contribution in [3.05, 3.63) is 0 Å². The third kappa shape index (κ3) is 1.13. The molecule has 6 heteroatoms. The molecule has 0 aliphatic rings. The van der Waals surface area contributed by atoms with Gasteiger partial charge in [0.25, 0.3) is 5.95 Å². The number of nitrogens with one attached hydrogen (secondary N) is 1. The van der Waals surface area contributed by atoms with Gasteiger partial charge in [0.05, 0.1) is 7.05 Å². The van der Waals surface area contributed by atoms with Crippen LogP contribution in [0.1, 0.15) is 0 Å². The van der Waals surface area contributed by atoms with Crippen LogP contribution in [0.3, 0.4) is 0 Å². The number of nitriles is 1. The van der Waals surface area contributed by atoms with Crippen LogP contribution in [0.2, 0.25) is 0 Å². The van der Waals surface area contributed by atoms with E-state index in [0.29, 0.717) is 0 Å². The van der Waals surface area contributed by atoms with E-state index < -0.39 is 0 Å². The highest BCUT2D eigenvalue weighted by Gasteiger charge is 1.93. The molecule has 0 spiro atoms. The van der Waals surface area contributed by atoms with Crippen molar-refractivity contribution in [2.45, 2.75) is 0 Å². The van der Waals surface area contributed by atoms with Gasteiger partial charge in [0.15, 0.2) is 6.19 Å². The van der Waals surface area contributed by atoms with E-state index in [2.05, 4.69) is 20.7 Å². The molecule has 0 bridgehead atoms. The first-order valence-corrected chi connectivity index (χ1v) is 2.22. The minimum atomic E-state index is 0.222. The van der Waals surface area contributed by atoms with Gasteiger partial charge in [-0.1, -0.05) is 5.10 Å². The Hall–Kier alpha value is -1.64. The highest BCUT2D eigenvalue weighted by molar-refractivity contribution is 5.25. The molecule has 1 aromatic heterocycles.